The number of rotatable bonds is 3. The minimum Gasteiger partial charge on any atom is -0.411 e. The Hall–Kier alpha value is -2.40. The number of oxime groups is 1. The molecular weight excluding hydrogens is 348 g/mol. The number of hydrogen-bond acceptors (Lipinski definition) is 4. The molecule has 0 aliphatic heterocycles. The molecule has 0 unspecified atom stereocenters. The van der Waals surface area contributed by atoms with Crippen molar-refractivity contribution in [3.8, 4) is 5.69 Å². The first-order valence-electron chi connectivity index (χ1n) is 8.64. The second-order valence-corrected chi connectivity index (χ2v) is 7.09. The Morgan fingerprint density at radius 1 is 1.12 bits per heavy atom. The molecule has 5 nitrogen and oxygen atoms in total. The third kappa shape index (κ3) is 2.76. The monoisotopic (exact) mass is 370 g/mol. The van der Waals surface area contributed by atoms with Gasteiger partial charge in [-0.3, -0.25) is 4.57 Å². The molecule has 6 heteroatoms. The van der Waals surface area contributed by atoms with Crippen LogP contribution in [-0.4, -0.2) is 25.5 Å². The van der Waals surface area contributed by atoms with Crippen LogP contribution < -0.4 is 0 Å². The maximum Gasteiger partial charge on any atom is 0.149 e. The summed E-state index contributed by atoms with van der Waals surface area (Å²) in [6, 6.07) is 3.93. The lowest BCUT2D eigenvalue weighted by atomic mass is 10.1. The van der Waals surface area contributed by atoms with Crippen molar-refractivity contribution in [3.63, 3.8) is 0 Å². The zero-order valence-corrected chi connectivity index (χ0v) is 16.7. The number of aromatic nitrogens is 3. The highest BCUT2D eigenvalue weighted by Gasteiger charge is 2.22. The van der Waals surface area contributed by atoms with Gasteiger partial charge in [-0.1, -0.05) is 23.7 Å². The first kappa shape index (κ1) is 18.4. The molecule has 0 saturated heterocycles. The van der Waals surface area contributed by atoms with Gasteiger partial charge >= 0.3 is 0 Å². The summed E-state index contributed by atoms with van der Waals surface area (Å²) in [5.74, 6) is 0.644. The average Bonchev–Trinajstić information content (AvgIpc) is 2.80. The lowest BCUT2D eigenvalue weighted by molar-refractivity contribution is 0.318. The van der Waals surface area contributed by atoms with E-state index in [1.165, 1.54) is 0 Å². The SMILES string of the molecule is CC/C(=N\O)c1nc(C)nc2c1c(C)c(C)n2-c1c(C)cc(Cl)cc1C. The molecule has 26 heavy (non-hydrogen) atoms. The highest BCUT2D eigenvalue weighted by Crippen LogP contribution is 2.33. The molecule has 0 saturated carbocycles. The highest BCUT2D eigenvalue weighted by atomic mass is 35.5. The van der Waals surface area contributed by atoms with Gasteiger partial charge in [0.2, 0.25) is 0 Å². The molecule has 136 valence electrons. The maximum atomic E-state index is 9.44. The van der Waals surface area contributed by atoms with Crippen molar-refractivity contribution in [1.82, 2.24) is 14.5 Å². The van der Waals surface area contributed by atoms with Crippen molar-refractivity contribution in [2.24, 2.45) is 5.16 Å². The van der Waals surface area contributed by atoms with Crippen LogP contribution in [0.2, 0.25) is 5.02 Å². The van der Waals surface area contributed by atoms with Crippen LogP contribution in [0.4, 0.5) is 0 Å². The second kappa shape index (κ2) is 6.72. The smallest absolute Gasteiger partial charge is 0.149 e. The lowest BCUT2D eigenvalue weighted by Crippen LogP contribution is -2.08. The summed E-state index contributed by atoms with van der Waals surface area (Å²) in [5.41, 5.74) is 7.49. The van der Waals surface area contributed by atoms with Crippen LogP contribution in [0, 0.1) is 34.6 Å². The Labute approximate surface area is 158 Å². The van der Waals surface area contributed by atoms with E-state index >= 15 is 0 Å². The fourth-order valence-electron chi connectivity index (χ4n) is 3.60. The second-order valence-electron chi connectivity index (χ2n) is 6.65. The molecule has 0 aliphatic rings. The molecule has 0 bridgehead atoms. The molecule has 1 aromatic carbocycles. The molecule has 2 aromatic heterocycles. The third-order valence-electron chi connectivity index (χ3n) is 4.88. The molecule has 2 heterocycles. The molecule has 0 spiro atoms. The van der Waals surface area contributed by atoms with Gasteiger partial charge in [-0.05, 0) is 69.9 Å². The van der Waals surface area contributed by atoms with Gasteiger partial charge in [0.25, 0.3) is 0 Å². The van der Waals surface area contributed by atoms with Gasteiger partial charge in [-0.15, -0.1) is 0 Å². The number of fused-ring (bicyclic) bond motifs is 1. The van der Waals surface area contributed by atoms with Crippen LogP contribution in [0.15, 0.2) is 17.3 Å². The average molecular weight is 371 g/mol. The van der Waals surface area contributed by atoms with E-state index in [-0.39, 0.29) is 0 Å². The quantitative estimate of drug-likeness (QED) is 0.391. The van der Waals surface area contributed by atoms with E-state index in [9.17, 15) is 5.21 Å². The van der Waals surface area contributed by atoms with Gasteiger partial charge < -0.3 is 5.21 Å². The van der Waals surface area contributed by atoms with Crippen LogP contribution in [-0.2, 0) is 0 Å². The zero-order valence-electron chi connectivity index (χ0n) is 16.0. The van der Waals surface area contributed by atoms with E-state index in [1.54, 1.807) is 0 Å². The van der Waals surface area contributed by atoms with Crippen molar-refractivity contribution in [3.05, 3.63) is 51.1 Å². The third-order valence-corrected chi connectivity index (χ3v) is 5.09. The number of halogens is 1. The molecule has 1 N–H and O–H groups in total. The number of aryl methyl sites for hydroxylation is 4. The van der Waals surface area contributed by atoms with Gasteiger partial charge in [0.05, 0.1) is 11.1 Å². The fraction of sp³-hybridized carbons (Fsp3) is 0.350. The Morgan fingerprint density at radius 2 is 1.73 bits per heavy atom. The highest BCUT2D eigenvalue weighted by molar-refractivity contribution is 6.30. The molecule has 3 rings (SSSR count). The summed E-state index contributed by atoms with van der Waals surface area (Å²) in [7, 11) is 0. The molecular formula is C20H23ClN4O. The first-order valence-corrected chi connectivity index (χ1v) is 9.02. The van der Waals surface area contributed by atoms with Crippen molar-refractivity contribution in [2.45, 2.75) is 48.0 Å². The maximum absolute atomic E-state index is 9.44. The molecule has 0 amide bonds. The van der Waals surface area contributed by atoms with Gasteiger partial charge in [-0.25, -0.2) is 9.97 Å². The van der Waals surface area contributed by atoms with E-state index < -0.39 is 0 Å². The van der Waals surface area contributed by atoms with Gasteiger partial charge in [0.1, 0.15) is 22.9 Å². The number of benzene rings is 1. The van der Waals surface area contributed by atoms with Crippen molar-refractivity contribution in [2.75, 3.05) is 0 Å². The number of hydrogen-bond donors (Lipinski definition) is 1. The summed E-state index contributed by atoms with van der Waals surface area (Å²) in [6.45, 7) is 12.0. The Balaban J connectivity index is 2.49. The van der Waals surface area contributed by atoms with Gasteiger partial charge in [0, 0.05) is 10.7 Å². The predicted molar refractivity (Wildman–Crippen MR) is 106 cm³/mol. The summed E-state index contributed by atoms with van der Waals surface area (Å²) in [5, 5.41) is 14.6. The molecule has 0 aliphatic carbocycles. The Kier molecular flexibility index (Phi) is 4.76. The molecule has 0 fully saturated rings. The van der Waals surface area contributed by atoms with Crippen LogP contribution >= 0.6 is 11.6 Å². The molecule has 0 radical (unpaired) electrons. The topological polar surface area (TPSA) is 63.3 Å². The summed E-state index contributed by atoms with van der Waals surface area (Å²) in [4.78, 5) is 9.31. The van der Waals surface area contributed by atoms with Crippen molar-refractivity contribution >= 4 is 28.3 Å². The normalized spacial score (nSPS) is 12.2. The van der Waals surface area contributed by atoms with Crippen molar-refractivity contribution in [1.29, 1.82) is 0 Å². The van der Waals surface area contributed by atoms with Crippen LogP contribution in [0.5, 0.6) is 0 Å². The van der Waals surface area contributed by atoms with Crippen LogP contribution in [0.25, 0.3) is 16.7 Å². The van der Waals surface area contributed by atoms with E-state index in [0.29, 0.717) is 23.7 Å². The standard InChI is InChI=1S/C20H23ClN4O/c1-7-16(24-26)18-17-12(4)13(5)25(20(17)23-14(6)22-18)19-10(2)8-15(21)9-11(19)3/h8-9,26H,7H2,1-6H3/b24-16+. The van der Waals surface area contributed by atoms with Crippen LogP contribution in [0.3, 0.4) is 0 Å². The Morgan fingerprint density at radius 3 is 2.27 bits per heavy atom. The van der Waals surface area contributed by atoms with E-state index in [0.717, 1.165) is 44.1 Å². The van der Waals surface area contributed by atoms with Crippen molar-refractivity contribution < 1.29 is 5.21 Å². The van der Waals surface area contributed by atoms with Gasteiger partial charge in [-0.2, -0.15) is 0 Å². The number of nitrogens with zero attached hydrogens (tertiary/aromatic N) is 4. The minimum absolute atomic E-state index is 0.560. The predicted octanol–water partition coefficient (Wildman–Crippen LogP) is 5.20. The minimum atomic E-state index is 0.560. The van der Waals surface area contributed by atoms with E-state index in [4.69, 9.17) is 16.6 Å². The van der Waals surface area contributed by atoms with Gasteiger partial charge in [0.15, 0.2) is 0 Å². The first-order chi connectivity index (χ1) is 12.3. The Bertz CT molecular complexity index is 1030. The summed E-state index contributed by atoms with van der Waals surface area (Å²) in [6.07, 6.45) is 0.588. The summed E-state index contributed by atoms with van der Waals surface area (Å²) >= 11 is 6.22. The fourth-order valence-corrected chi connectivity index (χ4v) is 3.92. The molecule has 3 aromatic rings. The summed E-state index contributed by atoms with van der Waals surface area (Å²) < 4.78 is 2.16. The zero-order chi connectivity index (χ0) is 19.2. The van der Waals surface area contributed by atoms with E-state index in [1.807, 2.05) is 26.0 Å². The molecule has 0 atom stereocenters. The lowest BCUT2D eigenvalue weighted by Gasteiger charge is -2.15. The van der Waals surface area contributed by atoms with Crippen LogP contribution in [0.1, 0.15) is 47.2 Å². The van der Waals surface area contributed by atoms with E-state index in [2.05, 4.69) is 42.4 Å². The largest absolute Gasteiger partial charge is 0.411 e.